The van der Waals surface area contributed by atoms with Crippen LogP contribution in [-0.4, -0.2) is 24.2 Å². The van der Waals surface area contributed by atoms with Crippen molar-refractivity contribution in [2.75, 3.05) is 18.5 Å². The van der Waals surface area contributed by atoms with Crippen molar-refractivity contribution in [3.63, 3.8) is 0 Å². The van der Waals surface area contributed by atoms with E-state index in [4.69, 9.17) is 9.84 Å². The van der Waals surface area contributed by atoms with E-state index in [1.807, 2.05) is 13.8 Å². The van der Waals surface area contributed by atoms with Gasteiger partial charge in [-0.3, -0.25) is 0 Å². The molecule has 5 heteroatoms. The summed E-state index contributed by atoms with van der Waals surface area (Å²) in [5.41, 5.74) is 0.736. The molecule has 0 atom stereocenters. The van der Waals surface area contributed by atoms with Crippen LogP contribution in [0.5, 0.6) is 5.75 Å². The van der Waals surface area contributed by atoms with E-state index in [9.17, 15) is 4.79 Å². The molecule has 0 aliphatic heterocycles. The van der Waals surface area contributed by atoms with Gasteiger partial charge in [-0.1, -0.05) is 0 Å². The Bertz CT molecular complexity index is 393. The van der Waals surface area contributed by atoms with E-state index in [0.717, 1.165) is 4.47 Å². The highest BCUT2D eigenvalue weighted by atomic mass is 79.9. The average Bonchev–Trinajstić information content (AvgIpc) is 2.23. The topological polar surface area (TPSA) is 58.6 Å². The van der Waals surface area contributed by atoms with Crippen molar-refractivity contribution in [1.82, 2.24) is 0 Å². The number of nitrogens with one attached hydrogen (secondary N) is 1. The quantitative estimate of drug-likeness (QED) is 0.874. The van der Waals surface area contributed by atoms with Gasteiger partial charge in [0, 0.05) is 6.54 Å². The van der Waals surface area contributed by atoms with Crippen molar-refractivity contribution >= 4 is 27.6 Å². The maximum atomic E-state index is 11.1. The smallest absolute Gasteiger partial charge is 0.337 e. The van der Waals surface area contributed by atoms with E-state index in [-0.39, 0.29) is 5.56 Å². The average molecular weight is 288 g/mol. The summed E-state index contributed by atoms with van der Waals surface area (Å²) in [4.78, 5) is 11.1. The monoisotopic (exact) mass is 287 g/mol. The van der Waals surface area contributed by atoms with Crippen LogP contribution in [-0.2, 0) is 0 Å². The molecule has 88 valence electrons. The number of hydrogen-bond donors (Lipinski definition) is 2. The number of aromatic carboxylic acids is 1. The summed E-state index contributed by atoms with van der Waals surface area (Å²) in [5.74, 6) is -0.423. The van der Waals surface area contributed by atoms with Gasteiger partial charge in [-0.25, -0.2) is 4.79 Å². The van der Waals surface area contributed by atoms with Crippen molar-refractivity contribution in [1.29, 1.82) is 0 Å². The third kappa shape index (κ3) is 2.66. The second kappa shape index (κ2) is 5.75. The molecule has 0 saturated heterocycles. The minimum Gasteiger partial charge on any atom is -0.490 e. The fraction of sp³-hybridized carbons (Fsp3) is 0.364. The summed E-state index contributed by atoms with van der Waals surface area (Å²) in [6, 6.07) is 3.22. The van der Waals surface area contributed by atoms with Crippen LogP contribution >= 0.6 is 15.9 Å². The number of ether oxygens (including phenoxy) is 1. The number of anilines is 1. The molecule has 1 aromatic rings. The molecule has 0 radical (unpaired) electrons. The van der Waals surface area contributed by atoms with Gasteiger partial charge in [0.2, 0.25) is 0 Å². The molecule has 1 rings (SSSR count). The van der Waals surface area contributed by atoms with E-state index < -0.39 is 5.97 Å². The fourth-order valence-electron chi connectivity index (χ4n) is 1.37. The Hall–Kier alpha value is -1.23. The van der Waals surface area contributed by atoms with Gasteiger partial charge in [0.15, 0.2) is 5.75 Å². The van der Waals surface area contributed by atoms with E-state index in [1.165, 1.54) is 0 Å². The Morgan fingerprint density at radius 2 is 2.19 bits per heavy atom. The van der Waals surface area contributed by atoms with E-state index in [1.54, 1.807) is 12.1 Å². The Kier molecular flexibility index (Phi) is 4.61. The molecule has 0 saturated carbocycles. The predicted molar refractivity (Wildman–Crippen MR) is 66.4 cm³/mol. The van der Waals surface area contributed by atoms with Crippen LogP contribution in [0, 0.1) is 0 Å². The molecule has 2 N–H and O–H groups in total. The molecule has 16 heavy (non-hydrogen) atoms. The number of benzene rings is 1. The lowest BCUT2D eigenvalue weighted by Crippen LogP contribution is -2.08. The van der Waals surface area contributed by atoms with Crippen molar-refractivity contribution in [3.05, 3.63) is 22.2 Å². The highest BCUT2D eigenvalue weighted by Crippen LogP contribution is 2.36. The van der Waals surface area contributed by atoms with Gasteiger partial charge in [-0.15, -0.1) is 0 Å². The van der Waals surface area contributed by atoms with Crippen molar-refractivity contribution < 1.29 is 14.6 Å². The molecular formula is C11H14BrNO3. The lowest BCUT2D eigenvalue weighted by Gasteiger charge is -2.15. The largest absolute Gasteiger partial charge is 0.490 e. The van der Waals surface area contributed by atoms with Gasteiger partial charge >= 0.3 is 5.97 Å². The van der Waals surface area contributed by atoms with Crippen LogP contribution in [0.3, 0.4) is 0 Å². The van der Waals surface area contributed by atoms with Crippen molar-refractivity contribution in [3.8, 4) is 5.75 Å². The minimum absolute atomic E-state index is 0.216. The van der Waals surface area contributed by atoms with E-state index in [2.05, 4.69) is 21.2 Å². The molecule has 0 bridgehead atoms. The van der Waals surface area contributed by atoms with Crippen LogP contribution < -0.4 is 10.1 Å². The summed E-state index contributed by atoms with van der Waals surface area (Å²) >= 11 is 3.34. The molecular weight excluding hydrogens is 274 g/mol. The van der Waals surface area contributed by atoms with Gasteiger partial charge in [-0.2, -0.15) is 0 Å². The third-order valence-electron chi connectivity index (χ3n) is 1.98. The maximum Gasteiger partial charge on any atom is 0.337 e. The molecule has 0 aliphatic rings. The van der Waals surface area contributed by atoms with Crippen LogP contribution in [0.15, 0.2) is 16.6 Å². The Morgan fingerprint density at radius 1 is 1.50 bits per heavy atom. The summed E-state index contributed by atoms with van der Waals surface area (Å²) < 4.78 is 6.18. The predicted octanol–water partition coefficient (Wildman–Crippen LogP) is 2.98. The highest BCUT2D eigenvalue weighted by Gasteiger charge is 2.17. The molecule has 0 aromatic heterocycles. The van der Waals surface area contributed by atoms with Crippen LogP contribution in [0.2, 0.25) is 0 Å². The van der Waals surface area contributed by atoms with Gasteiger partial charge < -0.3 is 15.2 Å². The molecule has 0 spiro atoms. The Balaban J connectivity index is 3.30. The van der Waals surface area contributed by atoms with Crippen LogP contribution in [0.4, 0.5) is 5.69 Å². The zero-order chi connectivity index (χ0) is 12.1. The number of carbonyl (C=O) groups is 1. The lowest BCUT2D eigenvalue weighted by molar-refractivity contribution is 0.0697. The molecule has 0 unspecified atom stereocenters. The lowest BCUT2D eigenvalue weighted by atomic mass is 10.1. The van der Waals surface area contributed by atoms with Gasteiger partial charge in [0.1, 0.15) is 0 Å². The van der Waals surface area contributed by atoms with Crippen LogP contribution in [0.1, 0.15) is 24.2 Å². The number of halogens is 1. The molecule has 0 amide bonds. The number of rotatable bonds is 5. The second-order valence-corrected chi connectivity index (χ2v) is 3.92. The molecule has 0 aliphatic carbocycles. The summed E-state index contributed by atoms with van der Waals surface area (Å²) in [6.07, 6.45) is 0. The normalized spacial score (nSPS) is 9.94. The van der Waals surface area contributed by atoms with Crippen molar-refractivity contribution in [2.24, 2.45) is 0 Å². The summed E-state index contributed by atoms with van der Waals surface area (Å²) in [7, 11) is 0. The summed E-state index contributed by atoms with van der Waals surface area (Å²) in [6.45, 7) is 4.88. The first kappa shape index (κ1) is 12.8. The number of hydrogen-bond acceptors (Lipinski definition) is 3. The molecule has 0 heterocycles. The molecule has 4 nitrogen and oxygen atoms in total. The Labute approximate surface area is 103 Å². The number of carboxylic acids is 1. The first-order valence-corrected chi connectivity index (χ1v) is 5.83. The fourth-order valence-corrected chi connectivity index (χ4v) is 1.82. The maximum absolute atomic E-state index is 11.1. The zero-order valence-electron chi connectivity index (χ0n) is 9.21. The van der Waals surface area contributed by atoms with E-state index in [0.29, 0.717) is 24.6 Å². The first-order chi connectivity index (χ1) is 7.61. The van der Waals surface area contributed by atoms with Gasteiger partial charge in [-0.05, 0) is 41.9 Å². The highest BCUT2D eigenvalue weighted by molar-refractivity contribution is 9.10. The van der Waals surface area contributed by atoms with Gasteiger partial charge in [0.25, 0.3) is 0 Å². The summed E-state index contributed by atoms with van der Waals surface area (Å²) in [5, 5.41) is 12.1. The number of carboxylic acid groups (broad SMARTS) is 1. The third-order valence-corrected chi connectivity index (χ3v) is 2.61. The van der Waals surface area contributed by atoms with Crippen LogP contribution in [0.25, 0.3) is 0 Å². The van der Waals surface area contributed by atoms with Gasteiger partial charge in [0.05, 0.1) is 22.3 Å². The Morgan fingerprint density at radius 3 is 2.69 bits per heavy atom. The zero-order valence-corrected chi connectivity index (χ0v) is 10.8. The minimum atomic E-state index is -0.968. The first-order valence-electron chi connectivity index (χ1n) is 5.04. The SMILES string of the molecule is CCNc1c(C(=O)O)ccc(Br)c1OCC. The van der Waals surface area contributed by atoms with Crippen molar-refractivity contribution in [2.45, 2.75) is 13.8 Å². The standard InChI is InChI=1S/C11H14BrNO3/c1-3-13-9-7(11(14)15)5-6-8(12)10(9)16-4-2/h5-6,13H,3-4H2,1-2H3,(H,14,15). The van der Waals surface area contributed by atoms with E-state index >= 15 is 0 Å². The molecule has 0 fully saturated rings. The molecule has 1 aromatic carbocycles. The second-order valence-electron chi connectivity index (χ2n) is 3.07.